The Bertz CT molecular complexity index is 273. The minimum absolute atomic E-state index is 0.259. The van der Waals surface area contributed by atoms with E-state index in [0.717, 1.165) is 5.70 Å². The van der Waals surface area contributed by atoms with Crippen molar-refractivity contribution >= 4 is 0 Å². The Balaban J connectivity index is 3.22. The van der Waals surface area contributed by atoms with Crippen LogP contribution in [-0.4, -0.2) is 0 Å². The Labute approximate surface area is 95.1 Å². The molecule has 0 aromatic carbocycles. The summed E-state index contributed by atoms with van der Waals surface area (Å²) in [4.78, 5) is 0. The van der Waals surface area contributed by atoms with E-state index in [1.807, 2.05) is 0 Å². The third-order valence-corrected chi connectivity index (χ3v) is 4.97. The quantitative estimate of drug-likeness (QED) is 0.698. The number of hydrogen-bond donors (Lipinski definition) is 1. The van der Waals surface area contributed by atoms with Crippen molar-refractivity contribution in [3.63, 3.8) is 0 Å². The molecule has 0 heterocycles. The molecule has 0 aliphatic heterocycles. The van der Waals surface area contributed by atoms with E-state index < -0.39 is 0 Å². The zero-order chi connectivity index (χ0) is 12.0. The highest BCUT2D eigenvalue weighted by atomic mass is 14.7. The van der Waals surface area contributed by atoms with Gasteiger partial charge >= 0.3 is 0 Å². The van der Waals surface area contributed by atoms with Gasteiger partial charge in [0.2, 0.25) is 0 Å². The maximum absolute atomic E-state index is 6.33. The molecule has 0 fully saturated rings. The van der Waals surface area contributed by atoms with E-state index in [-0.39, 0.29) is 5.41 Å². The molecule has 2 N–H and O–H groups in total. The first-order valence-electron chi connectivity index (χ1n) is 6.18. The van der Waals surface area contributed by atoms with Gasteiger partial charge in [-0.15, -0.1) is 0 Å². The fraction of sp³-hybridized carbons (Fsp3) is 0.857. The van der Waals surface area contributed by atoms with E-state index in [9.17, 15) is 0 Å². The zero-order valence-corrected chi connectivity index (χ0v) is 11.4. The van der Waals surface area contributed by atoms with Gasteiger partial charge in [0.15, 0.2) is 0 Å². The van der Waals surface area contributed by atoms with Crippen molar-refractivity contribution in [3.8, 4) is 0 Å². The maximum Gasteiger partial charge on any atom is 0.0112 e. The van der Waals surface area contributed by atoms with Gasteiger partial charge in [0, 0.05) is 11.6 Å². The van der Waals surface area contributed by atoms with Crippen molar-refractivity contribution < 1.29 is 0 Å². The van der Waals surface area contributed by atoms with Gasteiger partial charge in [-0.1, -0.05) is 41.5 Å². The fourth-order valence-corrected chi connectivity index (χ4v) is 3.18. The van der Waals surface area contributed by atoms with E-state index in [0.29, 0.717) is 23.7 Å². The Kier molecular flexibility index (Phi) is 3.23. The van der Waals surface area contributed by atoms with Crippen LogP contribution in [0.4, 0.5) is 0 Å². The van der Waals surface area contributed by atoms with Crippen LogP contribution < -0.4 is 5.73 Å². The summed E-state index contributed by atoms with van der Waals surface area (Å²) >= 11 is 0. The topological polar surface area (TPSA) is 26.0 Å². The molecule has 0 amide bonds. The summed E-state index contributed by atoms with van der Waals surface area (Å²) in [5, 5.41) is 0. The van der Waals surface area contributed by atoms with E-state index in [2.05, 4.69) is 48.5 Å². The zero-order valence-electron chi connectivity index (χ0n) is 11.4. The van der Waals surface area contributed by atoms with Gasteiger partial charge < -0.3 is 5.73 Å². The van der Waals surface area contributed by atoms with Gasteiger partial charge in [0.25, 0.3) is 0 Å². The van der Waals surface area contributed by atoms with Crippen LogP contribution in [0.15, 0.2) is 11.3 Å². The SMILES string of the molecule is CC1=C(N)C(C(C)C)C(C)C(C)C1(C)C. The third kappa shape index (κ3) is 1.81. The molecule has 0 bridgehead atoms. The third-order valence-electron chi connectivity index (χ3n) is 4.97. The molecule has 0 radical (unpaired) electrons. The Hall–Kier alpha value is -0.460. The van der Waals surface area contributed by atoms with Crippen molar-refractivity contribution in [1.29, 1.82) is 0 Å². The summed E-state index contributed by atoms with van der Waals surface area (Å²) in [5.41, 5.74) is 9.15. The first kappa shape index (κ1) is 12.6. The molecule has 3 unspecified atom stereocenters. The summed E-state index contributed by atoms with van der Waals surface area (Å²) in [6.07, 6.45) is 0. The van der Waals surface area contributed by atoms with Crippen molar-refractivity contribution in [3.05, 3.63) is 11.3 Å². The number of allylic oxidation sites excluding steroid dienone is 2. The standard InChI is InChI=1S/C14H27N/c1-8(2)12-9(3)10(4)14(6,7)11(5)13(12)15/h8-10,12H,15H2,1-7H3. The van der Waals surface area contributed by atoms with Crippen LogP contribution in [-0.2, 0) is 0 Å². The lowest BCUT2D eigenvalue weighted by molar-refractivity contribution is 0.116. The Morgan fingerprint density at radius 3 is 2.07 bits per heavy atom. The molecule has 88 valence electrons. The van der Waals surface area contributed by atoms with E-state index >= 15 is 0 Å². The molecule has 1 nitrogen and oxygen atoms in total. The molecule has 1 rings (SSSR count). The van der Waals surface area contributed by atoms with Crippen LogP contribution in [0.3, 0.4) is 0 Å². The van der Waals surface area contributed by atoms with Crippen molar-refractivity contribution in [2.75, 3.05) is 0 Å². The van der Waals surface area contributed by atoms with Gasteiger partial charge in [0.1, 0.15) is 0 Å². The average Bonchev–Trinajstić information content (AvgIpc) is 2.12. The van der Waals surface area contributed by atoms with Crippen LogP contribution >= 0.6 is 0 Å². The molecular formula is C14H27N. The lowest BCUT2D eigenvalue weighted by Crippen LogP contribution is -2.42. The Morgan fingerprint density at radius 1 is 1.20 bits per heavy atom. The summed E-state index contributed by atoms with van der Waals surface area (Å²) in [6, 6.07) is 0. The monoisotopic (exact) mass is 209 g/mol. The largest absolute Gasteiger partial charge is 0.402 e. The number of nitrogens with two attached hydrogens (primary N) is 1. The van der Waals surface area contributed by atoms with Crippen molar-refractivity contribution in [1.82, 2.24) is 0 Å². The molecular weight excluding hydrogens is 182 g/mol. The lowest BCUT2D eigenvalue weighted by atomic mass is 9.58. The molecule has 0 saturated heterocycles. The van der Waals surface area contributed by atoms with Gasteiger partial charge in [-0.25, -0.2) is 0 Å². The van der Waals surface area contributed by atoms with Crippen LogP contribution in [0.5, 0.6) is 0 Å². The minimum atomic E-state index is 0.259. The summed E-state index contributed by atoms with van der Waals surface area (Å²) in [5.74, 6) is 2.60. The highest BCUT2D eigenvalue weighted by Crippen LogP contribution is 2.49. The first-order valence-corrected chi connectivity index (χ1v) is 6.18. The second-order valence-corrected chi connectivity index (χ2v) is 6.22. The maximum atomic E-state index is 6.33. The molecule has 0 saturated carbocycles. The molecule has 1 aliphatic rings. The molecule has 0 spiro atoms. The molecule has 1 aliphatic carbocycles. The molecule has 3 atom stereocenters. The number of rotatable bonds is 1. The normalized spacial score (nSPS) is 36.1. The molecule has 0 aromatic heterocycles. The van der Waals surface area contributed by atoms with Crippen molar-refractivity contribution in [2.24, 2.45) is 34.8 Å². The summed E-state index contributed by atoms with van der Waals surface area (Å²) in [7, 11) is 0. The molecule has 15 heavy (non-hydrogen) atoms. The van der Waals surface area contributed by atoms with Crippen LogP contribution in [0.1, 0.15) is 48.5 Å². The second kappa shape index (κ2) is 3.84. The van der Waals surface area contributed by atoms with Crippen molar-refractivity contribution in [2.45, 2.75) is 48.5 Å². The summed E-state index contributed by atoms with van der Waals surface area (Å²) in [6.45, 7) is 16.2. The fourth-order valence-electron chi connectivity index (χ4n) is 3.18. The van der Waals surface area contributed by atoms with Gasteiger partial charge in [-0.05, 0) is 35.7 Å². The highest BCUT2D eigenvalue weighted by molar-refractivity contribution is 5.25. The molecule has 1 heteroatoms. The van der Waals surface area contributed by atoms with Gasteiger partial charge in [0.05, 0.1) is 0 Å². The van der Waals surface area contributed by atoms with E-state index in [1.165, 1.54) is 5.57 Å². The number of hydrogen-bond acceptors (Lipinski definition) is 1. The van der Waals surface area contributed by atoms with Crippen LogP contribution in [0.25, 0.3) is 0 Å². The average molecular weight is 209 g/mol. The van der Waals surface area contributed by atoms with Gasteiger partial charge in [-0.3, -0.25) is 0 Å². The Morgan fingerprint density at radius 2 is 1.67 bits per heavy atom. The second-order valence-electron chi connectivity index (χ2n) is 6.22. The predicted molar refractivity (Wildman–Crippen MR) is 67.3 cm³/mol. The van der Waals surface area contributed by atoms with E-state index in [1.54, 1.807) is 0 Å². The van der Waals surface area contributed by atoms with Crippen LogP contribution in [0.2, 0.25) is 0 Å². The minimum Gasteiger partial charge on any atom is -0.402 e. The van der Waals surface area contributed by atoms with Gasteiger partial charge in [-0.2, -0.15) is 0 Å². The first-order chi connectivity index (χ1) is 6.71. The smallest absolute Gasteiger partial charge is 0.0112 e. The predicted octanol–water partition coefficient (Wildman–Crippen LogP) is 3.80. The summed E-state index contributed by atoms with van der Waals surface area (Å²) < 4.78 is 0. The lowest BCUT2D eigenvalue weighted by Gasteiger charge is -2.47. The highest BCUT2D eigenvalue weighted by Gasteiger charge is 2.42. The van der Waals surface area contributed by atoms with E-state index in [4.69, 9.17) is 5.73 Å². The molecule has 0 aromatic rings. The van der Waals surface area contributed by atoms with Crippen LogP contribution in [0, 0.1) is 29.1 Å².